The Kier molecular flexibility index (Phi) is 6.24. The Morgan fingerprint density at radius 3 is 2.50 bits per heavy atom. The average molecular weight is 431 g/mol. The van der Waals surface area contributed by atoms with Gasteiger partial charge < -0.3 is 19.9 Å². The molecule has 2 heterocycles. The maximum atomic E-state index is 12.4. The third-order valence-electron chi connectivity index (χ3n) is 5.01. The van der Waals surface area contributed by atoms with Crippen molar-refractivity contribution in [1.29, 1.82) is 0 Å². The molecule has 9 nitrogen and oxygen atoms in total. The lowest BCUT2D eigenvalue weighted by molar-refractivity contribution is -0.113. The van der Waals surface area contributed by atoms with Crippen LogP contribution in [0.5, 0.6) is 0 Å². The molecule has 1 aliphatic heterocycles. The number of hydrogen-bond donors (Lipinski definition) is 1. The normalized spacial score (nSPS) is 16.4. The Bertz CT molecular complexity index is 904. The molecule has 1 N–H and O–H groups in total. The van der Waals surface area contributed by atoms with E-state index in [1.807, 2.05) is 0 Å². The smallest absolute Gasteiger partial charge is 0.253 e. The number of thioether (sulfide) groups is 1. The molecule has 4 rings (SSSR count). The van der Waals surface area contributed by atoms with Gasteiger partial charge in [0.1, 0.15) is 0 Å². The molecule has 10 heteroatoms. The van der Waals surface area contributed by atoms with Crippen LogP contribution in [-0.4, -0.2) is 77.6 Å². The average Bonchev–Trinajstić information content (AvgIpc) is 3.51. The molecule has 0 spiro atoms. The number of anilines is 2. The largest absolute Gasteiger partial charge is 0.378 e. The van der Waals surface area contributed by atoms with Gasteiger partial charge in [-0.1, -0.05) is 11.8 Å². The molecule has 160 valence electrons. The van der Waals surface area contributed by atoms with Gasteiger partial charge in [0.25, 0.3) is 5.91 Å². The van der Waals surface area contributed by atoms with Gasteiger partial charge in [0.2, 0.25) is 11.9 Å². The molecule has 2 fully saturated rings. The van der Waals surface area contributed by atoms with E-state index in [9.17, 15) is 9.59 Å². The summed E-state index contributed by atoms with van der Waals surface area (Å²) in [6, 6.07) is 7.32. The van der Waals surface area contributed by atoms with Crippen LogP contribution in [0.4, 0.5) is 11.6 Å². The Labute approximate surface area is 179 Å². The number of ether oxygens (including phenoxy) is 1. The summed E-state index contributed by atoms with van der Waals surface area (Å²) >= 11 is 1.40. The summed E-state index contributed by atoms with van der Waals surface area (Å²) in [4.78, 5) is 28.1. The molecule has 2 aromatic rings. The molecule has 2 amide bonds. The number of carbonyl (C=O) groups is 2. The number of nitrogens with one attached hydrogen (secondary N) is 1. The van der Waals surface area contributed by atoms with Crippen molar-refractivity contribution in [3.63, 3.8) is 0 Å². The van der Waals surface area contributed by atoms with Crippen LogP contribution < -0.4 is 10.2 Å². The van der Waals surface area contributed by atoms with Crippen LogP contribution in [0.15, 0.2) is 29.4 Å². The van der Waals surface area contributed by atoms with Gasteiger partial charge in [-0.3, -0.25) is 14.2 Å². The fourth-order valence-electron chi connectivity index (χ4n) is 3.28. The highest BCUT2D eigenvalue weighted by molar-refractivity contribution is 7.99. The number of morpholine rings is 1. The minimum absolute atomic E-state index is 0.0704. The first-order chi connectivity index (χ1) is 14.5. The van der Waals surface area contributed by atoms with Crippen LogP contribution in [0, 0.1) is 0 Å². The molecule has 0 atom stereocenters. The van der Waals surface area contributed by atoms with E-state index in [1.54, 1.807) is 38.4 Å². The van der Waals surface area contributed by atoms with Gasteiger partial charge in [-0.05, 0) is 37.1 Å². The van der Waals surface area contributed by atoms with E-state index in [4.69, 9.17) is 4.74 Å². The summed E-state index contributed by atoms with van der Waals surface area (Å²) in [5.41, 5.74) is 1.24. The maximum Gasteiger partial charge on any atom is 0.253 e. The van der Waals surface area contributed by atoms with E-state index in [-0.39, 0.29) is 17.6 Å². The van der Waals surface area contributed by atoms with Crippen molar-refractivity contribution in [2.45, 2.75) is 24.0 Å². The van der Waals surface area contributed by atoms with Gasteiger partial charge in [-0.2, -0.15) is 0 Å². The minimum atomic E-state index is -0.120. The van der Waals surface area contributed by atoms with Crippen molar-refractivity contribution in [2.75, 3.05) is 56.4 Å². The van der Waals surface area contributed by atoms with Gasteiger partial charge in [0.15, 0.2) is 5.16 Å². The Balaban J connectivity index is 1.36. The standard InChI is InChI=1S/C20H26N6O3S/c1-24(2)18(28)14-3-5-15(6-4-14)21-17(27)13-30-20-23-22-19(26(20)16-7-8-16)25-9-11-29-12-10-25/h3-6,16H,7-13H2,1-2H3,(H,21,27). The van der Waals surface area contributed by atoms with Crippen LogP contribution in [-0.2, 0) is 9.53 Å². The Hall–Kier alpha value is -2.59. The SMILES string of the molecule is CN(C)C(=O)c1ccc(NC(=O)CSc2nnc(N3CCOCC3)n2C2CC2)cc1. The van der Waals surface area contributed by atoms with E-state index in [0.29, 0.717) is 30.5 Å². The highest BCUT2D eigenvalue weighted by atomic mass is 32.2. The van der Waals surface area contributed by atoms with E-state index in [0.717, 1.165) is 37.0 Å². The second kappa shape index (κ2) is 9.05. The zero-order valence-electron chi connectivity index (χ0n) is 17.2. The number of nitrogens with zero attached hydrogens (tertiary/aromatic N) is 5. The van der Waals surface area contributed by atoms with Gasteiger partial charge in [-0.25, -0.2) is 0 Å². The number of benzene rings is 1. The lowest BCUT2D eigenvalue weighted by atomic mass is 10.2. The fourth-order valence-corrected chi connectivity index (χ4v) is 4.08. The summed E-state index contributed by atoms with van der Waals surface area (Å²) in [5, 5.41) is 12.4. The molecular formula is C20H26N6O3S. The van der Waals surface area contributed by atoms with E-state index < -0.39 is 0 Å². The first kappa shape index (κ1) is 20.7. The monoisotopic (exact) mass is 430 g/mol. The van der Waals surface area contributed by atoms with Crippen LogP contribution >= 0.6 is 11.8 Å². The third-order valence-corrected chi connectivity index (χ3v) is 5.95. The van der Waals surface area contributed by atoms with Crippen LogP contribution in [0.25, 0.3) is 0 Å². The van der Waals surface area contributed by atoms with Crippen LogP contribution in [0.3, 0.4) is 0 Å². The lowest BCUT2D eigenvalue weighted by Crippen LogP contribution is -2.38. The molecule has 1 saturated carbocycles. The van der Waals surface area contributed by atoms with Crippen molar-refractivity contribution in [3.05, 3.63) is 29.8 Å². The Morgan fingerprint density at radius 1 is 1.17 bits per heavy atom. The third kappa shape index (κ3) is 4.76. The highest BCUT2D eigenvalue weighted by Gasteiger charge is 2.32. The van der Waals surface area contributed by atoms with Crippen molar-refractivity contribution >= 4 is 35.2 Å². The predicted octanol–water partition coefficient (Wildman–Crippen LogP) is 1.88. The summed E-state index contributed by atoms with van der Waals surface area (Å²) in [7, 11) is 3.42. The van der Waals surface area contributed by atoms with Gasteiger partial charge in [-0.15, -0.1) is 10.2 Å². The fraction of sp³-hybridized carbons (Fsp3) is 0.500. The van der Waals surface area contributed by atoms with Gasteiger partial charge >= 0.3 is 0 Å². The summed E-state index contributed by atoms with van der Waals surface area (Å²) in [6.07, 6.45) is 2.24. The van der Waals surface area contributed by atoms with Gasteiger partial charge in [0.05, 0.1) is 19.0 Å². The summed E-state index contributed by atoms with van der Waals surface area (Å²) < 4.78 is 7.60. The minimum Gasteiger partial charge on any atom is -0.378 e. The maximum absolute atomic E-state index is 12.4. The molecule has 30 heavy (non-hydrogen) atoms. The first-order valence-corrected chi connectivity index (χ1v) is 11.0. The zero-order valence-corrected chi connectivity index (χ0v) is 18.0. The lowest BCUT2D eigenvalue weighted by Gasteiger charge is -2.27. The Morgan fingerprint density at radius 2 is 1.87 bits per heavy atom. The first-order valence-electron chi connectivity index (χ1n) is 10.0. The molecule has 1 aliphatic carbocycles. The number of aromatic nitrogens is 3. The van der Waals surface area contributed by atoms with E-state index >= 15 is 0 Å². The molecule has 1 aromatic carbocycles. The molecule has 1 saturated heterocycles. The van der Waals surface area contributed by atoms with Crippen molar-refractivity contribution in [2.24, 2.45) is 0 Å². The number of rotatable bonds is 7. The molecular weight excluding hydrogens is 404 g/mol. The number of amides is 2. The highest BCUT2D eigenvalue weighted by Crippen LogP contribution is 2.41. The second-order valence-corrected chi connectivity index (χ2v) is 8.54. The quantitative estimate of drug-likeness (QED) is 0.671. The molecule has 0 bridgehead atoms. The number of carbonyl (C=O) groups excluding carboxylic acids is 2. The van der Waals surface area contributed by atoms with Crippen LogP contribution in [0.1, 0.15) is 29.2 Å². The van der Waals surface area contributed by atoms with E-state index in [2.05, 4.69) is 25.0 Å². The summed E-state index contributed by atoms with van der Waals surface area (Å²) in [6.45, 7) is 3.01. The van der Waals surface area contributed by atoms with Crippen LogP contribution in [0.2, 0.25) is 0 Å². The topological polar surface area (TPSA) is 92.6 Å². The summed E-state index contributed by atoms with van der Waals surface area (Å²) in [5.74, 6) is 0.931. The molecule has 2 aliphatic rings. The molecule has 0 unspecified atom stereocenters. The van der Waals surface area contributed by atoms with Crippen molar-refractivity contribution in [3.8, 4) is 0 Å². The van der Waals surface area contributed by atoms with Crippen molar-refractivity contribution < 1.29 is 14.3 Å². The zero-order chi connectivity index (χ0) is 21.1. The molecule has 0 radical (unpaired) electrons. The van der Waals surface area contributed by atoms with E-state index in [1.165, 1.54) is 16.7 Å². The predicted molar refractivity (Wildman–Crippen MR) is 115 cm³/mol. The second-order valence-electron chi connectivity index (χ2n) is 7.60. The van der Waals surface area contributed by atoms with Crippen molar-refractivity contribution in [1.82, 2.24) is 19.7 Å². The van der Waals surface area contributed by atoms with Gasteiger partial charge in [0, 0.05) is 44.5 Å². The molecule has 1 aromatic heterocycles. The number of hydrogen-bond acceptors (Lipinski definition) is 7.